The number of nitrogens with one attached hydrogen (secondary N) is 2. The van der Waals surface area contributed by atoms with E-state index in [0.29, 0.717) is 5.92 Å². The summed E-state index contributed by atoms with van der Waals surface area (Å²) in [6.45, 7) is 4.16. The zero-order chi connectivity index (χ0) is 16.1. The topological polar surface area (TPSA) is 48.9 Å². The highest BCUT2D eigenvalue weighted by Crippen LogP contribution is 2.27. The molecule has 3 rings (SSSR count). The van der Waals surface area contributed by atoms with E-state index in [9.17, 15) is 0 Å². The van der Waals surface area contributed by atoms with Crippen LogP contribution in [0.3, 0.4) is 0 Å². The highest BCUT2D eigenvalue weighted by Gasteiger charge is 2.22. The van der Waals surface area contributed by atoms with Crippen LogP contribution in [0, 0.1) is 5.92 Å². The number of aliphatic imine (C=N–C) groups is 1. The van der Waals surface area contributed by atoms with E-state index in [-0.39, 0.29) is 30.1 Å². The van der Waals surface area contributed by atoms with Gasteiger partial charge >= 0.3 is 0 Å². The predicted octanol–water partition coefficient (Wildman–Crippen LogP) is 2.11. The Kier molecular flexibility index (Phi) is 7.61. The van der Waals surface area contributed by atoms with Crippen LogP contribution >= 0.6 is 24.0 Å². The summed E-state index contributed by atoms with van der Waals surface area (Å²) in [6, 6.07) is 8.28. The van der Waals surface area contributed by atoms with Gasteiger partial charge in [-0.15, -0.1) is 24.0 Å². The molecule has 0 aromatic heterocycles. The zero-order valence-corrected chi connectivity index (χ0v) is 17.0. The second kappa shape index (κ2) is 9.46. The minimum Gasteiger partial charge on any atom is -0.488 e. The van der Waals surface area contributed by atoms with Gasteiger partial charge in [-0.05, 0) is 44.0 Å². The van der Waals surface area contributed by atoms with Crippen molar-refractivity contribution in [2.45, 2.75) is 25.4 Å². The highest BCUT2D eigenvalue weighted by molar-refractivity contribution is 14.0. The summed E-state index contributed by atoms with van der Waals surface area (Å²) < 4.78 is 5.96. The monoisotopic (exact) mass is 444 g/mol. The number of halogens is 1. The maximum atomic E-state index is 5.96. The Balaban J connectivity index is 0.00000208. The molecule has 5 nitrogen and oxygen atoms in total. The molecule has 0 bridgehead atoms. The third-order valence-electron chi connectivity index (χ3n) is 4.71. The standard InChI is InChI=1S/C18H28N4O.HI/c1-19-18(20-11-14-6-5-9-22(2)13-14)21-12-16-10-15-7-3-4-8-17(15)23-16;/h3-4,7-8,14,16H,5-6,9-13H2,1-2H3,(H2,19,20,21);1H. The number of fused-ring (bicyclic) bond motifs is 1. The first-order chi connectivity index (χ1) is 11.2. The van der Waals surface area contributed by atoms with E-state index >= 15 is 0 Å². The van der Waals surface area contributed by atoms with Crippen LogP contribution in [0.25, 0.3) is 0 Å². The van der Waals surface area contributed by atoms with Gasteiger partial charge in [0, 0.05) is 26.6 Å². The minimum absolute atomic E-state index is 0. The van der Waals surface area contributed by atoms with Gasteiger partial charge in [-0.25, -0.2) is 0 Å². The number of nitrogens with zero attached hydrogens (tertiary/aromatic N) is 2. The lowest BCUT2D eigenvalue weighted by molar-refractivity contribution is 0.210. The second-order valence-corrected chi connectivity index (χ2v) is 6.66. The molecule has 0 saturated carbocycles. The maximum Gasteiger partial charge on any atom is 0.191 e. The second-order valence-electron chi connectivity index (χ2n) is 6.66. The molecule has 1 saturated heterocycles. The van der Waals surface area contributed by atoms with Crippen molar-refractivity contribution in [3.05, 3.63) is 29.8 Å². The van der Waals surface area contributed by atoms with Crippen molar-refractivity contribution < 1.29 is 4.74 Å². The summed E-state index contributed by atoms with van der Waals surface area (Å²) in [5.74, 6) is 2.60. The summed E-state index contributed by atoms with van der Waals surface area (Å²) in [5, 5.41) is 6.86. The van der Waals surface area contributed by atoms with Crippen LogP contribution in [0.4, 0.5) is 0 Å². The number of guanidine groups is 1. The van der Waals surface area contributed by atoms with Crippen LogP contribution in [0.15, 0.2) is 29.3 Å². The Morgan fingerprint density at radius 2 is 2.08 bits per heavy atom. The van der Waals surface area contributed by atoms with Crippen LogP contribution in [0.1, 0.15) is 18.4 Å². The van der Waals surface area contributed by atoms with Gasteiger partial charge in [0.2, 0.25) is 0 Å². The molecule has 2 aliphatic rings. The molecule has 2 heterocycles. The summed E-state index contributed by atoms with van der Waals surface area (Å²) in [5.41, 5.74) is 1.30. The van der Waals surface area contributed by atoms with Gasteiger partial charge in [-0.1, -0.05) is 18.2 Å². The van der Waals surface area contributed by atoms with Crippen molar-refractivity contribution >= 4 is 29.9 Å². The molecule has 2 aliphatic heterocycles. The average molecular weight is 444 g/mol. The Hall–Kier alpha value is -1.02. The molecule has 1 aromatic carbocycles. The fourth-order valence-corrected chi connectivity index (χ4v) is 3.48. The van der Waals surface area contributed by atoms with E-state index in [1.165, 1.54) is 31.5 Å². The first kappa shape index (κ1) is 19.3. The molecular formula is C18H29IN4O. The number of hydrogen-bond acceptors (Lipinski definition) is 3. The molecule has 0 spiro atoms. The van der Waals surface area contributed by atoms with Crippen LogP contribution in [-0.2, 0) is 6.42 Å². The molecule has 1 aromatic rings. The van der Waals surface area contributed by atoms with Crippen molar-refractivity contribution in [1.82, 2.24) is 15.5 Å². The lowest BCUT2D eigenvalue weighted by Crippen LogP contribution is -2.45. The molecule has 0 radical (unpaired) electrons. The van der Waals surface area contributed by atoms with Gasteiger partial charge in [-0.3, -0.25) is 4.99 Å². The van der Waals surface area contributed by atoms with Crippen LogP contribution in [-0.4, -0.2) is 57.2 Å². The average Bonchev–Trinajstić information content (AvgIpc) is 2.98. The van der Waals surface area contributed by atoms with Crippen molar-refractivity contribution in [2.24, 2.45) is 10.9 Å². The molecule has 0 aliphatic carbocycles. The smallest absolute Gasteiger partial charge is 0.191 e. The summed E-state index contributed by atoms with van der Waals surface area (Å²) in [7, 11) is 4.03. The normalized spacial score (nSPS) is 23.8. The van der Waals surface area contributed by atoms with Gasteiger partial charge in [0.1, 0.15) is 11.9 Å². The van der Waals surface area contributed by atoms with E-state index in [4.69, 9.17) is 4.74 Å². The number of para-hydroxylation sites is 1. The molecule has 134 valence electrons. The lowest BCUT2D eigenvalue weighted by atomic mass is 9.99. The molecule has 2 atom stereocenters. The first-order valence-electron chi connectivity index (χ1n) is 8.62. The molecule has 1 fully saturated rings. The number of ether oxygens (including phenoxy) is 1. The van der Waals surface area contributed by atoms with Crippen molar-refractivity contribution in [3.63, 3.8) is 0 Å². The quantitative estimate of drug-likeness (QED) is 0.425. The van der Waals surface area contributed by atoms with Crippen molar-refractivity contribution in [2.75, 3.05) is 40.3 Å². The van der Waals surface area contributed by atoms with E-state index in [2.05, 4.69) is 39.7 Å². The Morgan fingerprint density at radius 3 is 2.83 bits per heavy atom. The van der Waals surface area contributed by atoms with Crippen LogP contribution < -0.4 is 15.4 Å². The van der Waals surface area contributed by atoms with E-state index in [1.54, 1.807) is 0 Å². The fourth-order valence-electron chi connectivity index (χ4n) is 3.48. The number of hydrogen-bond donors (Lipinski definition) is 2. The molecule has 2 unspecified atom stereocenters. The first-order valence-corrected chi connectivity index (χ1v) is 8.62. The Labute approximate surface area is 162 Å². The Bertz CT molecular complexity index is 527. The molecule has 24 heavy (non-hydrogen) atoms. The zero-order valence-electron chi connectivity index (χ0n) is 14.6. The van der Waals surface area contributed by atoms with Gasteiger partial charge in [0.05, 0.1) is 6.54 Å². The van der Waals surface area contributed by atoms with E-state index in [0.717, 1.165) is 31.2 Å². The van der Waals surface area contributed by atoms with Gasteiger partial charge in [0.25, 0.3) is 0 Å². The molecular weight excluding hydrogens is 415 g/mol. The van der Waals surface area contributed by atoms with Gasteiger partial charge < -0.3 is 20.3 Å². The largest absolute Gasteiger partial charge is 0.488 e. The molecule has 2 N–H and O–H groups in total. The number of likely N-dealkylation sites (tertiary alicyclic amines) is 1. The summed E-state index contributed by atoms with van der Waals surface area (Å²) >= 11 is 0. The number of rotatable bonds is 4. The summed E-state index contributed by atoms with van der Waals surface area (Å²) in [6.07, 6.45) is 3.75. The SMILES string of the molecule is CN=C(NCC1CCCN(C)C1)NCC1Cc2ccccc2O1.I. The third kappa shape index (κ3) is 5.24. The van der Waals surface area contributed by atoms with Crippen LogP contribution in [0.5, 0.6) is 5.75 Å². The van der Waals surface area contributed by atoms with Crippen molar-refractivity contribution in [1.29, 1.82) is 0 Å². The maximum absolute atomic E-state index is 5.96. The molecule has 0 amide bonds. The Morgan fingerprint density at radius 1 is 1.29 bits per heavy atom. The molecule has 6 heteroatoms. The number of benzene rings is 1. The van der Waals surface area contributed by atoms with Crippen molar-refractivity contribution in [3.8, 4) is 5.75 Å². The lowest BCUT2D eigenvalue weighted by Gasteiger charge is -2.30. The van der Waals surface area contributed by atoms with Gasteiger partial charge in [0.15, 0.2) is 5.96 Å². The van der Waals surface area contributed by atoms with Gasteiger partial charge in [-0.2, -0.15) is 0 Å². The van der Waals surface area contributed by atoms with Crippen LogP contribution in [0.2, 0.25) is 0 Å². The number of piperidine rings is 1. The minimum atomic E-state index is 0. The predicted molar refractivity (Wildman–Crippen MR) is 110 cm³/mol. The highest BCUT2D eigenvalue weighted by atomic mass is 127. The summed E-state index contributed by atoms with van der Waals surface area (Å²) in [4.78, 5) is 6.74. The van der Waals surface area contributed by atoms with E-state index in [1.807, 2.05) is 19.2 Å². The fraction of sp³-hybridized carbons (Fsp3) is 0.611. The van der Waals surface area contributed by atoms with E-state index < -0.39 is 0 Å². The third-order valence-corrected chi connectivity index (χ3v) is 4.71.